The number of hydrogen-bond acceptors (Lipinski definition) is 4. The third-order valence-electron chi connectivity index (χ3n) is 5.22. The van der Waals surface area contributed by atoms with E-state index in [9.17, 15) is 4.79 Å². The number of pyridine rings is 1. The number of nitrogens with two attached hydrogens (primary N) is 1. The van der Waals surface area contributed by atoms with Crippen LogP contribution in [-0.2, 0) is 12.8 Å². The minimum absolute atomic E-state index is 0.0192. The smallest absolute Gasteiger partial charge is 0.205 e. The van der Waals surface area contributed by atoms with Gasteiger partial charge in [0.1, 0.15) is 9.71 Å². The Morgan fingerprint density at radius 3 is 2.69 bits per heavy atom. The molecule has 1 aliphatic rings. The lowest BCUT2D eigenvalue weighted by molar-refractivity contribution is 0.104. The summed E-state index contributed by atoms with van der Waals surface area (Å²) in [7, 11) is 0. The first-order valence-electron chi connectivity index (χ1n) is 8.95. The molecule has 3 nitrogen and oxygen atoms in total. The Kier molecular flexibility index (Phi) is 3.54. The van der Waals surface area contributed by atoms with Crippen molar-refractivity contribution < 1.29 is 4.79 Å². The summed E-state index contributed by atoms with van der Waals surface area (Å²) in [6, 6.07) is 16.0. The molecule has 0 saturated heterocycles. The number of carbonyl (C=O) groups excluding carboxylic acids is 1. The van der Waals surface area contributed by atoms with Gasteiger partial charge < -0.3 is 5.73 Å². The molecule has 2 heterocycles. The molecule has 0 spiro atoms. The monoisotopic (exact) mass is 358 g/mol. The van der Waals surface area contributed by atoms with Gasteiger partial charge in [0.2, 0.25) is 5.78 Å². The van der Waals surface area contributed by atoms with Crippen molar-refractivity contribution >= 4 is 43.8 Å². The molecule has 0 bridgehead atoms. The second-order valence-corrected chi connectivity index (χ2v) is 7.89. The highest BCUT2D eigenvalue weighted by Crippen LogP contribution is 2.36. The Balaban J connectivity index is 1.62. The molecule has 0 aliphatic heterocycles. The lowest BCUT2D eigenvalue weighted by Crippen LogP contribution is -2.05. The van der Waals surface area contributed by atoms with Gasteiger partial charge in [-0.15, -0.1) is 11.3 Å². The highest BCUT2D eigenvalue weighted by atomic mass is 32.1. The van der Waals surface area contributed by atoms with Crippen molar-refractivity contribution in [3.05, 3.63) is 70.2 Å². The molecule has 4 aromatic rings. The molecule has 2 aromatic carbocycles. The SMILES string of the molecule is Nc1c(C(=O)c2ccc3ccccc3c2)sc2nc3c(cc12)CCCC3. The molecule has 2 N–H and O–H groups in total. The largest absolute Gasteiger partial charge is 0.397 e. The third-order valence-corrected chi connectivity index (χ3v) is 6.33. The molecule has 0 unspecified atom stereocenters. The quantitative estimate of drug-likeness (QED) is 0.505. The summed E-state index contributed by atoms with van der Waals surface area (Å²) in [5.74, 6) is -0.0192. The van der Waals surface area contributed by atoms with Crippen LogP contribution in [0.15, 0.2) is 48.5 Å². The fraction of sp³-hybridized carbons (Fsp3) is 0.182. The van der Waals surface area contributed by atoms with Crippen LogP contribution in [0.5, 0.6) is 0 Å². The Bertz CT molecular complexity index is 1180. The predicted molar refractivity (Wildman–Crippen MR) is 108 cm³/mol. The van der Waals surface area contributed by atoms with E-state index in [-0.39, 0.29) is 5.78 Å². The number of aromatic nitrogens is 1. The Morgan fingerprint density at radius 1 is 1.00 bits per heavy atom. The Hall–Kier alpha value is -2.72. The second kappa shape index (κ2) is 5.92. The van der Waals surface area contributed by atoms with Gasteiger partial charge in [-0.1, -0.05) is 36.4 Å². The van der Waals surface area contributed by atoms with Crippen LogP contribution in [-0.4, -0.2) is 10.8 Å². The number of aryl methyl sites for hydroxylation is 2. The maximum atomic E-state index is 13.1. The van der Waals surface area contributed by atoms with Gasteiger partial charge in [0.05, 0.1) is 5.69 Å². The number of nitrogen functional groups attached to an aromatic ring is 1. The first-order chi connectivity index (χ1) is 12.7. The zero-order valence-electron chi connectivity index (χ0n) is 14.3. The van der Waals surface area contributed by atoms with Gasteiger partial charge in [0.25, 0.3) is 0 Å². The number of rotatable bonds is 2. The summed E-state index contributed by atoms with van der Waals surface area (Å²) < 4.78 is 0. The summed E-state index contributed by atoms with van der Waals surface area (Å²) in [5.41, 5.74) is 10.1. The lowest BCUT2D eigenvalue weighted by atomic mass is 9.95. The molecular weight excluding hydrogens is 340 g/mol. The summed E-state index contributed by atoms with van der Waals surface area (Å²) in [5, 5.41) is 3.12. The van der Waals surface area contributed by atoms with E-state index in [1.165, 1.54) is 35.4 Å². The lowest BCUT2D eigenvalue weighted by Gasteiger charge is -2.14. The topological polar surface area (TPSA) is 56.0 Å². The number of fused-ring (bicyclic) bond motifs is 3. The van der Waals surface area contributed by atoms with E-state index in [0.29, 0.717) is 16.1 Å². The van der Waals surface area contributed by atoms with E-state index in [0.717, 1.165) is 33.8 Å². The maximum Gasteiger partial charge on any atom is 0.205 e. The average Bonchev–Trinajstić information content (AvgIpc) is 3.01. The number of carbonyl (C=O) groups is 1. The maximum absolute atomic E-state index is 13.1. The number of ketones is 1. The van der Waals surface area contributed by atoms with E-state index in [2.05, 4.69) is 6.07 Å². The molecule has 0 radical (unpaired) electrons. The summed E-state index contributed by atoms with van der Waals surface area (Å²) in [6.45, 7) is 0. The molecule has 26 heavy (non-hydrogen) atoms. The molecule has 0 amide bonds. The number of nitrogens with zero attached hydrogens (tertiary/aromatic N) is 1. The zero-order chi connectivity index (χ0) is 17.7. The van der Waals surface area contributed by atoms with Gasteiger partial charge in [-0.05, 0) is 54.2 Å². The van der Waals surface area contributed by atoms with Crippen LogP contribution in [0.25, 0.3) is 21.0 Å². The van der Waals surface area contributed by atoms with Crippen molar-refractivity contribution in [2.45, 2.75) is 25.7 Å². The minimum Gasteiger partial charge on any atom is -0.397 e. The van der Waals surface area contributed by atoms with E-state index in [4.69, 9.17) is 10.7 Å². The molecule has 5 rings (SSSR count). The van der Waals surface area contributed by atoms with Crippen molar-refractivity contribution in [1.29, 1.82) is 0 Å². The van der Waals surface area contributed by atoms with E-state index >= 15 is 0 Å². The fourth-order valence-electron chi connectivity index (χ4n) is 3.79. The van der Waals surface area contributed by atoms with Crippen LogP contribution >= 0.6 is 11.3 Å². The van der Waals surface area contributed by atoms with Gasteiger partial charge in [0.15, 0.2) is 0 Å². The first-order valence-corrected chi connectivity index (χ1v) is 9.76. The second-order valence-electron chi connectivity index (χ2n) is 6.89. The van der Waals surface area contributed by atoms with Crippen molar-refractivity contribution in [2.75, 3.05) is 5.73 Å². The Labute approximate surface area is 155 Å². The van der Waals surface area contributed by atoms with Crippen LogP contribution < -0.4 is 5.73 Å². The van der Waals surface area contributed by atoms with E-state index in [1.807, 2.05) is 42.5 Å². The normalized spacial score (nSPS) is 13.8. The fourth-order valence-corrected chi connectivity index (χ4v) is 4.85. The van der Waals surface area contributed by atoms with Gasteiger partial charge in [-0.3, -0.25) is 4.79 Å². The van der Waals surface area contributed by atoms with Crippen LogP contribution in [0.4, 0.5) is 5.69 Å². The third kappa shape index (κ3) is 2.41. The van der Waals surface area contributed by atoms with Gasteiger partial charge in [-0.2, -0.15) is 0 Å². The number of anilines is 1. The van der Waals surface area contributed by atoms with Crippen molar-refractivity contribution in [3.8, 4) is 0 Å². The summed E-state index contributed by atoms with van der Waals surface area (Å²) >= 11 is 1.42. The number of thiophene rings is 1. The van der Waals surface area contributed by atoms with Crippen molar-refractivity contribution in [1.82, 2.24) is 4.98 Å². The molecule has 2 aromatic heterocycles. The predicted octanol–water partition coefficient (Wildman–Crippen LogP) is 5.14. The zero-order valence-corrected chi connectivity index (χ0v) is 15.1. The minimum atomic E-state index is -0.0192. The number of benzene rings is 2. The van der Waals surface area contributed by atoms with Crippen LogP contribution in [0.3, 0.4) is 0 Å². The van der Waals surface area contributed by atoms with Gasteiger partial charge in [-0.25, -0.2) is 4.98 Å². The molecular formula is C22H18N2OS. The Morgan fingerprint density at radius 2 is 1.81 bits per heavy atom. The number of hydrogen-bond donors (Lipinski definition) is 1. The van der Waals surface area contributed by atoms with Gasteiger partial charge >= 0.3 is 0 Å². The molecule has 0 saturated carbocycles. The first kappa shape index (κ1) is 15.5. The molecule has 128 valence electrons. The molecule has 0 atom stereocenters. The van der Waals surface area contributed by atoms with Crippen molar-refractivity contribution in [2.24, 2.45) is 0 Å². The standard InChI is InChI=1S/C22H18N2OS/c23-19-17-12-15-7-3-4-8-18(15)24-22(17)26-21(19)20(25)16-10-9-13-5-1-2-6-14(13)11-16/h1-2,5-6,9-12H,3-4,7-8,23H2. The highest BCUT2D eigenvalue weighted by molar-refractivity contribution is 7.21. The van der Waals surface area contributed by atoms with E-state index < -0.39 is 0 Å². The highest BCUT2D eigenvalue weighted by Gasteiger charge is 2.21. The summed E-state index contributed by atoms with van der Waals surface area (Å²) in [6.07, 6.45) is 4.47. The average molecular weight is 358 g/mol. The van der Waals surface area contributed by atoms with Crippen LogP contribution in [0.2, 0.25) is 0 Å². The van der Waals surface area contributed by atoms with E-state index in [1.54, 1.807) is 0 Å². The molecule has 1 aliphatic carbocycles. The van der Waals surface area contributed by atoms with Crippen LogP contribution in [0.1, 0.15) is 39.3 Å². The van der Waals surface area contributed by atoms with Crippen molar-refractivity contribution in [3.63, 3.8) is 0 Å². The summed E-state index contributed by atoms with van der Waals surface area (Å²) in [4.78, 5) is 19.4. The molecule has 4 heteroatoms. The van der Waals surface area contributed by atoms with Crippen LogP contribution in [0, 0.1) is 0 Å². The molecule has 0 fully saturated rings. The van der Waals surface area contributed by atoms with Gasteiger partial charge in [0, 0.05) is 16.6 Å².